The normalized spacial score (nSPS) is 11.6. The third-order valence-electron chi connectivity index (χ3n) is 3.39. The molecule has 0 aliphatic heterocycles. The first-order valence-electron chi connectivity index (χ1n) is 6.86. The smallest absolute Gasteiger partial charge is 0.0290 e. The Morgan fingerprint density at radius 2 is 1.55 bits per heavy atom. The Morgan fingerprint density at radius 3 is 2.30 bits per heavy atom. The van der Waals surface area contributed by atoms with Gasteiger partial charge in [0.1, 0.15) is 0 Å². The molecule has 0 aliphatic rings. The van der Waals surface area contributed by atoms with Crippen molar-refractivity contribution >= 4 is 45.1 Å². The molecule has 0 saturated carbocycles. The van der Waals surface area contributed by atoms with Crippen LogP contribution in [0.1, 0.15) is 13.8 Å². The average molecular weight is 298 g/mol. The molecule has 0 spiro atoms. The van der Waals surface area contributed by atoms with E-state index in [0.717, 1.165) is 0 Å². The number of rotatable bonds is 3. The van der Waals surface area contributed by atoms with Crippen molar-refractivity contribution in [2.24, 2.45) is 0 Å². The highest BCUT2D eigenvalue weighted by Crippen LogP contribution is 2.40. The highest BCUT2D eigenvalue weighted by Gasteiger charge is 2.11. The molecule has 0 bridgehead atoms. The van der Waals surface area contributed by atoms with Gasteiger partial charge in [-0.2, -0.15) is 0 Å². The summed E-state index contributed by atoms with van der Waals surface area (Å²) < 4.78 is 0. The maximum absolute atomic E-state index is 2.27. The summed E-state index contributed by atoms with van der Waals surface area (Å²) in [5.41, 5.74) is 0. The first-order chi connectivity index (χ1) is 9.70. The minimum atomic E-state index is 0.605. The zero-order valence-corrected chi connectivity index (χ0v) is 13.6. The summed E-state index contributed by atoms with van der Waals surface area (Å²) in [4.78, 5) is 2.81. The van der Waals surface area contributed by atoms with Gasteiger partial charge < -0.3 is 0 Å². The first kappa shape index (κ1) is 13.8. The molecule has 0 amide bonds. The van der Waals surface area contributed by atoms with Gasteiger partial charge in [0.2, 0.25) is 0 Å². The summed E-state index contributed by atoms with van der Waals surface area (Å²) in [5.74, 6) is 0. The molecule has 0 aliphatic carbocycles. The van der Waals surface area contributed by atoms with Gasteiger partial charge in [-0.05, 0) is 28.5 Å². The van der Waals surface area contributed by atoms with E-state index < -0.39 is 0 Å². The molecule has 0 saturated heterocycles. The Hall–Kier alpha value is -1.12. The fourth-order valence-corrected chi connectivity index (χ4v) is 4.55. The van der Waals surface area contributed by atoms with E-state index in [0.29, 0.717) is 5.25 Å². The van der Waals surface area contributed by atoms with E-state index in [4.69, 9.17) is 0 Å². The lowest BCUT2D eigenvalue weighted by Crippen LogP contribution is -1.90. The van der Waals surface area contributed by atoms with Gasteiger partial charge in [0.25, 0.3) is 0 Å². The fourth-order valence-electron chi connectivity index (χ4n) is 2.59. The van der Waals surface area contributed by atoms with Gasteiger partial charge in [0.05, 0.1) is 0 Å². The van der Waals surface area contributed by atoms with E-state index in [2.05, 4.69) is 68.6 Å². The zero-order valence-electron chi connectivity index (χ0n) is 12.0. The van der Waals surface area contributed by atoms with Gasteiger partial charge in [-0.1, -0.05) is 56.3 Å². The number of fused-ring (bicyclic) bond motifs is 3. The second-order valence-corrected chi connectivity index (χ2v) is 7.58. The van der Waals surface area contributed by atoms with Crippen LogP contribution in [0.5, 0.6) is 0 Å². The van der Waals surface area contributed by atoms with Crippen molar-refractivity contribution < 1.29 is 0 Å². The molecule has 2 heteroatoms. The lowest BCUT2D eigenvalue weighted by Gasteiger charge is -2.14. The molecule has 0 unspecified atom stereocenters. The second-order valence-electron chi connectivity index (χ2n) is 5.15. The van der Waals surface area contributed by atoms with Crippen LogP contribution in [0.25, 0.3) is 21.5 Å². The van der Waals surface area contributed by atoms with Crippen LogP contribution >= 0.6 is 23.5 Å². The fraction of sp³-hybridized carbons (Fsp3) is 0.222. The minimum Gasteiger partial charge on any atom is -0.128 e. The van der Waals surface area contributed by atoms with Crippen LogP contribution in [0.3, 0.4) is 0 Å². The van der Waals surface area contributed by atoms with Crippen molar-refractivity contribution in [3.63, 3.8) is 0 Å². The van der Waals surface area contributed by atoms with Crippen molar-refractivity contribution in [1.82, 2.24) is 0 Å². The summed E-state index contributed by atoms with van der Waals surface area (Å²) in [6.07, 6.45) is 2.18. The summed E-state index contributed by atoms with van der Waals surface area (Å²) in [6.45, 7) is 4.50. The topological polar surface area (TPSA) is 0 Å². The third-order valence-corrected chi connectivity index (χ3v) is 5.42. The van der Waals surface area contributed by atoms with Crippen LogP contribution < -0.4 is 0 Å². The van der Waals surface area contributed by atoms with Gasteiger partial charge >= 0.3 is 0 Å². The SMILES string of the molecule is CSc1c(SC(C)C)ccc2ccc3ccccc3c12. The van der Waals surface area contributed by atoms with Crippen LogP contribution in [-0.2, 0) is 0 Å². The van der Waals surface area contributed by atoms with Crippen molar-refractivity contribution in [3.05, 3.63) is 48.5 Å². The van der Waals surface area contributed by atoms with E-state index in [1.54, 1.807) is 0 Å². The number of benzene rings is 3. The van der Waals surface area contributed by atoms with Crippen molar-refractivity contribution in [1.29, 1.82) is 0 Å². The Labute approximate surface area is 129 Å². The highest BCUT2D eigenvalue weighted by molar-refractivity contribution is 8.02. The Bertz CT molecular complexity index is 760. The maximum Gasteiger partial charge on any atom is 0.0290 e. The van der Waals surface area contributed by atoms with Crippen LogP contribution in [0, 0.1) is 0 Å². The number of thioether (sulfide) groups is 2. The van der Waals surface area contributed by atoms with Crippen molar-refractivity contribution in [3.8, 4) is 0 Å². The molecule has 0 radical (unpaired) electrons. The van der Waals surface area contributed by atoms with Crippen LogP contribution in [0.2, 0.25) is 0 Å². The van der Waals surface area contributed by atoms with Gasteiger partial charge in [0.15, 0.2) is 0 Å². The van der Waals surface area contributed by atoms with E-state index in [-0.39, 0.29) is 0 Å². The largest absolute Gasteiger partial charge is 0.128 e. The van der Waals surface area contributed by atoms with Gasteiger partial charge in [0, 0.05) is 20.4 Å². The lowest BCUT2D eigenvalue weighted by molar-refractivity contribution is 1.10. The van der Waals surface area contributed by atoms with Crippen LogP contribution in [0.4, 0.5) is 0 Å². The van der Waals surface area contributed by atoms with Crippen LogP contribution in [0.15, 0.2) is 58.3 Å². The molecule has 3 aromatic rings. The molecule has 0 heterocycles. The van der Waals surface area contributed by atoms with Gasteiger partial charge in [-0.15, -0.1) is 23.5 Å². The van der Waals surface area contributed by atoms with E-state index >= 15 is 0 Å². The monoisotopic (exact) mass is 298 g/mol. The van der Waals surface area contributed by atoms with E-state index in [9.17, 15) is 0 Å². The van der Waals surface area contributed by atoms with E-state index in [1.807, 2.05) is 23.5 Å². The Morgan fingerprint density at radius 1 is 0.850 bits per heavy atom. The quantitative estimate of drug-likeness (QED) is 0.416. The van der Waals surface area contributed by atoms with Crippen molar-refractivity contribution in [2.75, 3.05) is 6.26 Å². The van der Waals surface area contributed by atoms with Crippen molar-refractivity contribution in [2.45, 2.75) is 28.9 Å². The molecule has 102 valence electrons. The predicted octanol–water partition coefficient (Wildman–Crippen LogP) is 6.22. The molecule has 20 heavy (non-hydrogen) atoms. The highest BCUT2D eigenvalue weighted by atomic mass is 32.2. The summed E-state index contributed by atoms with van der Waals surface area (Å²) >= 11 is 3.81. The second kappa shape index (κ2) is 5.71. The third kappa shape index (κ3) is 2.43. The Balaban J connectivity index is 2.38. The molecular formula is C18H18S2. The minimum absolute atomic E-state index is 0.605. The molecule has 0 fully saturated rings. The zero-order chi connectivity index (χ0) is 14.1. The summed E-state index contributed by atoms with van der Waals surface area (Å²) in [7, 11) is 0. The molecule has 3 rings (SSSR count). The average Bonchev–Trinajstić information content (AvgIpc) is 2.46. The van der Waals surface area contributed by atoms with Crippen LogP contribution in [-0.4, -0.2) is 11.5 Å². The lowest BCUT2D eigenvalue weighted by atomic mass is 10.0. The first-order valence-corrected chi connectivity index (χ1v) is 8.96. The molecule has 0 nitrogen and oxygen atoms in total. The summed E-state index contributed by atoms with van der Waals surface area (Å²) in [5, 5.41) is 6.03. The molecule has 0 atom stereocenters. The summed E-state index contributed by atoms with van der Waals surface area (Å²) in [6, 6.07) is 17.7. The Kier molecular flexibility index (Phi) is 3.95. The van der Waals surface area contributed by atoms with Gasteiger partial charge in [-0.3, -0.25) is 0 Å². The van der Waals surface area contributed by atoms with E-state index in [1.165, 1.54) is 31.3 Å². The maximum atomic E-state index is 2.27. The molecule has 0 aromatic heterocycles. The molecule has 0 N–H and O–H groups in total. The number of hydrogen-bond donors (Lipinski definition) is 0. The predicted molar refractivity (Wildman–Crippen MR) is 94.2 cm³/mol. The number of hydrogen-bond acceptors (Lipinski definition) is 2. The molecule has 3 aromatic carbocycles. The molecular weight excluding hydrogens is 280 g/mol. The standard InChI is InChI=1S/C18H18S2/c1-12(2)20-16-11-10-14-9-8-13-6-4-5-7-15(13)17(14)18(16)19-3/h4-12H,1-3H3. The van der Waals surface area contributed by atoms with Gasteiger partial charge in [-0.25, -0.2) is 0 Å².